The normalized spacial score (nSPS) is 11.6. The van der Waals surface area contributed by atoms with E-state index in [2.05, 4.69) is 13.8 Å². The van der Waals surface area contributed by atoms with Crippen molar-refractivity contribution in [1.82, 2.24) is 0 Å². The monoisotopic (exact) mass is 426 g/mol. The minimum Gasteiger partial charge on any atom is -0.494 e. The molecule has 2 aromatic rings. The second-order valence-corrected chi connectivity index (χ2v) is 7.71. The third-order valence-corrected chi connectivity index (χ3v) is 4.93. The number of unbranched alkanes of at least 4 members (excludes halogenated alkanes) is 4. The van der Waals surface area contributed by atoms with Gasteiger partial charge in [0, 0.05) is 0 Å². The van der Waals surface area contributed by atoms with Crippen LogP contribution in [0, 0.1) is 0 Å². The summed E-state index contributed by atoms with van der Waals surface area (Å²) in [5.74, 6) is 0.278. The Morgan fingerprint density at radius 1 is 0.742 bits per heavy atom. The standard InChI is InChI=1S/C26H34O5/c1-4-6-8-9-10-20(3)30-25(27)21-13-17-24(18-14-21)31-26(28)22-11-15-23(16-12-22)29-19-7-5-2/h11-18,20H,4-10,19H2,1-3H3. The molecule has 1 unspecified atom stereocenters. The molecule has 0 heterocycles. The molecule has 0 aliphatic carbocycles. The average Bonchev–Trinajstić information content (AvgIpc) is 2.78. The fraction of sp³-hybridized carbons (Fsp3) is 0.462. The summed E-state index contributed by atoms with van der Waals surface area (Å²) in [4.78, 5) is 24.6. The summed E-state index contributed by atoms with van der Waals surface area (Å²) in [6.07, 6.45) is 7.42. The molecule has 0 saturated heterocycles. The Bertz CT molecular complexity index is 796. The number of esters is 2. The lowest BCUT2D eigenvalue weighted by Crippen LogP contribution is -2.15. The molecule has 0 aliphatic rings. The Labute approximate surface area is 185 Å². The number of carbonyl (C=O) groups excluding carboxylic acids is 2. The van der Waals surface area contributed by atoms with Crippen molar-refractivity contribution in [3.8, 4) is 11.5 Å². The van der Waals surface area contributed by atoms with E-state index in [1.807, 2.05) is 6.92 Å². The molecule has 0 bridgehead atoms. The zero-order valence-electron chi connectivity index (χ0n) is 18.9. The lowest BCUT2D eigenvalue weighted by atomic mass is 10.1. The smallest absolute Gasteiger partial charge is 0.343 e. The Balaban J connectivity index is 1.83. The molecule has 2 aromatic carbocycles. The molecule has 5 nitrogen and oxygen atoms in total. The number of carbonyl (C=O) groups is 2. The van der Waals surface area contributed by atoms with Crippen molar-refractivity contribution in [3.63, 3.8) is 0 Å². The first-order chi connectivity index (χ1) is 15.0. The highest BCUT2D eigenvalue weighted by Gasteiger charge is 2.13. The number of benzene rings is 2. The zero-order valence-corrected chi connectivity index (χ0v) is 18.9. The Morgan fingerprint density at radius 3 is 1.94 bits per heavy atom. The van der Waals surface area contributed by atoms with E-state index < -0.39 is 5.97 Å². The number of ether oxygens (including phenoxy) is 3. The zero-order chi connectivity index (χ0) is 22.5. The van der Waals surface area contributed by atoms with Gasteiger partial charge < -0.3 is 14.2 Å². The van der Waals surface area contributed by atoms with Crippen molar-refractivity contribution >= 4 is 11.9 Å². The van der Waals surface area contributed by atoms with E-state index in [-0.39, 0.29) is 12.1 Å². The van der Waals surface area contributed by atoms with Crippen LogP contribution in [-0.4, -0.2) is 24.6 Å². The predicted octanol–water partition coefficient (Wildman–Crippen LogP) is 6.60. The summed E-state index contributed by atoms with van der Waals surface area (Å²) in [7, 11) is 0. The Morgan fingerprint density at radius 2 is 1.32 bits per heavy atom. The maximum absolute atomic E-state index is 12.3. The summed E-state index contributed by atoms with van der Waals surface area (Å²) in [5, 5.41) is 0. The highest BCUT2D eigenvalue weighted by atomic mass is 16.5. The predicted molar refractivity (Wildman–Crippen MR) is 122 cm³/mol. The molecule has 2 rings (SSSR count). The minimum absolute atomic E-state index is 0.115. The van der Waals surface area contributed by atoms with Crippen LogP contribution in [0.4, 0.5) is 0 Å². The molecule has 168 valence electrons. The van der Waals surface area contributed by atoms with Gasteiger partial charge in [-0.25, -0.2) is 9.59 Å². The van der Waals surface area contributed by atoms with Crippen molar-refractivity contribution in [1.29, 1.82) is 0 Å². The van der Waals surface area contributed by atoms with Crippen LogP contribution in [0.25, 0.3) is 0 Å². The van der Waals surface area contributed by atoms with Crippen LogP contribution in [0.3, 0.4) is 0 Å². The van der Waals surface area contributed by atoms with Gasteiger partial charge in [0.25, 0.3) is 0 Å². The van der Waals surface area contributed by atoms with Crippen molar-refractivity contribution in [2.45, 2.75) is 71.8 Å². The third kappa shape index (κ3) is 8.83. The van der Waals surface area contributed by atoms with Gasteiger partial charge in [-0.2, -0.15) is 0 Å². The highest BCUT2D eigenvalue weighted by molar-refractivity contribution is 5.92. The van der Waals surface area contributed by atoms with Gasteiger partial charge in [0.1, 0.15) is 11.5 Å². The molecule has 31 heavy (non-hydrogen) atoms. The van der Waals surface area contributed by atoms with Gasteiger partial charge in [-0.15, -0.1) is 0 Å². The van der Waals surface area contributed by atoms with Crippen molar-refractivity contribution in [2.75, 3.05) is 6.61 Å². The average molecular weight is 427 g/mol. The Kier molecular flexibility index (Phi) is 10.6. The molecule has 1 atom stereocenters. The van der Waals surface area contributed by atoms with Gasteiger partial charge in [0.05, 0.1) is 23.8 Å². The van der Waals surface area contributed by atoms with Gasteiger partial charge >= 0.3 is 11.9 Å². The molecule has 0 aliphatic heterocycles. The largest absolute Gasteiger partial charge is 0.494 e. The van der Waals surface area contributed by atoms with Crippen LogP contribution in [0.5, 0.6) is 11.5 Å². The van der Waals surface area contributed by atoms with Crippen LogP contribution in [-0.2, 0) is 4.74 Å². The van der Waals surface area contributed by atoms with E-state index in [1.165, 1.54) is 12.8 Å². The van der Waals surface area contributed by atoms with Gasteiger partial charge in [-0.1, -0.05) is 39.5 Å². The van der Waals surface area contributed by atoms with Gasteiger partial charge in [0.15, 0.2) is 0 Å². The SMILES string of the molecule is CCCCCCC(C)OC(=O)c1ccc(OC(=O)c2ccc(OCCCC)cc2)cc1. The van der Waals surface area contributed by atoms with E-state index in [0.29, 0.717) is 23.5 Å². The first kappa shape index (κ1) is 24.4. The van der Waals surface area contributed by atoms with Gasteiger partial charge in [0.2, 0.25) is 0 Å². The van der Waals surface area contributed by atoms with E-state index in [4.69, 9.17) is 14.2 Å². The fourth-order valence-corrected chi connectivity index (χ4v) is 3.01. The highest BCUT2D eigenvalue weighted by Crippen LogP contribution is 2.18. The van der Waals surface area contributed by atoms with Crippen LogP contribution in [0.2, 0.25) is 0 Å². The molecule has 0 amide bonds. The molecule has 0 saturated carbocycles. The van der Waals surface area contributed by atoms with Crippen molar-refractivity contribution < 1.29 is 23.8 Å². The number of hydrogen-bond acceptors (Lipinski definition) is 5. The summed E-state index contributed by atoms with van der Waals surface area (Å²) in [6, 6.07) is 13.3. The summed E-state index contributed by atoms with van der Waals surface area (Å²) in [5.41, 5.74) is 0.872. The van der Waals surface area contributed by atoms with Crippen LogP contribution in [0.15, 0.2) is 48.5 Å². The van der Waals surface area contributed by atoms with Crippen molar-refractivity contribution in [2.24, 2.45) is 0 Å². The summed E-state index contributed by atoms with van der Waals surface area (Å²) >= 11 is 0. The Hall–Kier alpha value is -2.82. The van der Waals surface area contributed by atoms with Crippen LogP contribution >= 0.6 is 0 Å². The lowest BCUT2D eigenvalue weighted by molar-refractivity contribution is 0.0319. The minimum atomic E-state index is -0.462. The first-order valence-corrected chi connectivity index (χ1v) is 11.3. The summed E-state index contributed by atoms with van der Waals surface area (Å²) in [6.45, 7) is 6.85. The fourth-order valence-electron chi connectivity index (χ4n) is 3.01. The second-order valence-electron chi connectivity index (χ2n) is 7.71. The molecule has 0 fully saturated rings. The number of rotatable bonds is 13. The van der Waals surface area contributed by atoms with E-state index in [0.717, 1.165) is 37.9 Å². The lowest BCUT2D eigenvalue weighted by Gasteiger charge is -2.13. The van der Waals surface area contributed by atoms with Gasteiger partial charge in [-0.05, 0) is 74.7 Å². The molecule has 0 radical (unpaired) electrons. The maximum atomic E-state index is 12.3. The van der Waals surface area contributed by atoms with E-state index in [1.54, 1.807) is 48.5 Å². The molecule has 0 N–H and O–H groups in total. The van der Waals surface area contributed by atoms with Gasteiger partial charge in [-0.3, -0.25) is 0 Å². The molecular formula is C26H34O5. The molecule has 5 heteroatoms. The quantitative estimate of drug-likeness (QED) is 0.205. The molecule has 0 spiro atoms. The van der Waals surface area contributed by atoms with E-state index in [9.17, 15) is 9.59 Å². The van der Waals surface area contributed by atoms with Crippen LogP contribution in [0.1, 0.15) is 86.4 Å². The van der Waals surface area contributed by atoms with Crippen molar-refractivity contribution in [3.05, 3.63) is 59.7 Å². The first-order valence-electron chi connectivity index (χ1n) is 11.3. The third-order valence-electron chi connectivity index (χ3n) is 4.93. The van der Waals surface area contributed by atoms with Crippen LogP contribution < -0.4 is 9.47 Å². The maximum Gasteiger partial charge on any atom is 0.343 e. The topological polar surface area (TPSA) is 61.8 Å². The molecular weight excluding hydrogens is 392 g/mol. The van der Waals surface area contributed by atoms with E-state index >= 15 is 0 Å². The summed E-state index contributed by atoms with van der Waals surface area (Å²) < 4.78 is 16.5. The second kappa shape index (κ2) is 13.5. The number of hydrogen-bond donors (Lipinski definition) is 0. The molecule has 0 aromatic heterocycles.